The van der Waals surface area contributed by atoms with Crippen molar-refractivity contribution in [2.75, 3.05) is 13.1 Å². The number of amides is 3. The number of rotatable bonds is 10. The Morgan fingerprint density at radius 1 is 1.00 bits per heavy atom. The molecular formula is C29H37N3O7. The van der Waals surface area contributed by atoms with Crippen LogP contribution in [0.1, 0.15) is 44.7 Å². The van der Waals surface area contributed by atoms with Crippen LogP contribution < -0.4 is 10.6 Å². The average molecular weight is 540 g/mol. The van der Waals surface area contributed by atoms with Gasteiger partial charge in [-0.05, 0) is 51.2 Å². The predicted octanol–water partition coefficient (Wildman–Crippen LogP) is 2.33. The van der Waals surface area contributed by atoms with Crippen LogP contribution in [0.25, 0.3) is 0 Å². The number of carbonyl (C=O) groups is 4. The molecule has 3 N–H and O–H groups in total. The third kappa shape index (κ3) is 9.40. The Morgan fingerprint density at radius 3 is 2.23 bits per heavy atom. The molecule has 0 spiro atoms. The number of nitrogens with one attached hydrogen (secondary N) is 2. The van der Waals surface area contributed by atoms with Crippen molar-refractivity contribution in [2.45, 2.75) is 70.4 Å². The number of alkyl carbamates (subject to hydrolysis) is 1. The van der Waals surface area contributed by atoms with E-state index in [4.69, 9.17) is 9.47 Å². The predicted molar refractivity (Wildman–Crippen MR) is 143 cm³/mol. The second-order valence-electron chi connectivity index (χ2n) is 10.4. The highest BCUT2D eigenvalue weighted by atomic mass is 16.6. The molecule has 1 aliphatic rings. The molecule has 3 atom stereocenters. The Kier molecular flexibility index (Phi) is 10.4. The van der Waals surface area contributed by atoms with Gasteiger partial charge in [0.15, 0.2) is 6.10 Å². The molecule has 2 aromatic rings. The summed E-state index contributed by atoms with van der Waals surface area (Å²) in [4.78, 5) is 52.1. The zero-order chi connectivity index (χ0) is 28.4. The fourth-order valence-corrected chi connectivity index (χ4v) is 4.28. The summed E-state index contributed by atoms with van der Waals surface area (Å²) in [5.41, 5.74) is 0.870. The monoisotopic (exact) mass is 539 g/mol. The average Bonchev–Trinajstić information content (AvgIpc) is 3.40. The molecule has 3 rings (SSSR count). The molecule has 1 saturated heterocycles. The topological polar surface area (TPSA) is 134 Å². The van der Waals surface area contributed by atoms with E-state index in [1.165, 1.54) is 4.90 Å². The van der Waals surface area contributed by atoms with Crippen LogP contribution in [0.2, 0.25) is 0 Å². The summed E-state index contributed by atoms with van der Waals surface area (Å²) in [7, 11) is 0. The Bertz CT molecular complexity index is 1120. The van der Waals surface area contributed by atoms with Crippen LogP contribution in [0.15, 0.2) is 60.7 Å². The first-order chi connectivity index (χ1) is 18.5. The maximum atomic E-state index is 13.4. The standard InChI is InChI=1S/C29H37N3O7/c1-29(2,3)39-27(36)23-15-10-16-32(23)26(35)25(34)22(17-20-11-6-4-7-12-20)31-24(33)18-30-28(37)38-19-21-13-8-5-9-14-21/h4-9,11-14,22-23,25,34H,10,15-19H2,1-3H3,(H,30,37)(H,31,33)/t22-,23-,25-/m0/s1. The summed E-state index contributed by atoms with van der Waals surface area (Å²) in [5, 5.41) is 16.1. The van der Waals surface area contributed by atoms with Crippen molar-refractivity contribution in [3.8, 4) is 0 Å². The number of aliphatic hydroxyl groups excluding tert-OH is 1. The molecule has 0 unspecified atom stereocenters. The fourth-order valence-electron chi connectivity index (χ4n) is 4.28. The van der Waals surface area contributed by atoms with Gasteiger partial charge < -0.3 is 30.1 Å². The highest BCUT2D eigenvalue weighted by Crippen LogP contribution is 2.23. The van der Waals surface area contributed by atoms with E-state index in [1.54, 1.807) is 32.9 Å². The Morgan fingerprint density at radius 2 is 1.62 bits per heavy atom. The largest absolute Gasteiger partial charge is 0.458 e. The molecule has 39 heavy (non-hydrogen) atoms. The quantitative estimate of drug-likeness (QED) is 0.395. The highest BCUT2D eigenvalue weighted by Gasteiger charge is 2.41. The Balaban J connectivity index is 1.63. The van der Waals surface area contributed by atoms with Crippen LogP contribution >= 0.6 is 0 Å². The molecular weight excluding hydrogens is 502 g/mol. The van der Waals surface area contributed by atoms with E-state index < -0.39 is 54.2 Å². The Hall–Kier alpha value is -3.92. The summed E-state index contributed by atoms with van der Waals surface area (Å²) in [6, 6.07) is 16.4. The number of esters is 1. The molecule has 0 aliphatic carbocycles. The number of ether oxygens (including phenoxy) is 2. The van der Waals surface area contributed by atoms with Crippen molar-refractivity contribution in [2.24, 2.45) is 0 Å². The van der Waals surface area contributed by atoms with Crippen molar-refractivity contribution in [3.05, 3.63) is 71.8 Å². The van der Waals surface area contributed by atoms with E-state index in [0.717, 1.165) is 11.1 Å². The fraction of sp³-hybridized carbons (Fsp3) is 0.448. The van der Waals surface area contributed by atoms with E-state index in [1.807, 2.05) is 48.5 Å². The lowest BCUT2D eigenvalue weighted by Gasteiger charge is -2.31. The van der Waals surface area contributed by atoms with Crippen LogP contribution in [-0.2, 0) is 36.9 Å². The lowest BCUT2D eigenvalue weighted by Crippen LogP contribution is -2.56. The van der Waals surface area contributed by atoms with Gasteiger partial charge in [0.1, 0.15) is 24.8 Å². The molecule has 3 amide bonds. The van der Waals surface area contributed by atoms with Crippen molar-refractivity contribution in [1.82, 2.24) is 15.5 Å². The van der Waals surface area contributed by atoms with Gasteiger partial charge in [-0.25, -0.2) is 9.59 Å². The molecule has 0 saturated carbocycles. The first-order valence-electron chi connectivity index (χ1n) is 13.0. The van der Waals surface area contributed by atoms with Crippen molar-refractivity contribution >= 4 is 23.9 Å². The molecule has 10 heteroatoms. The lowest BCUT2D eigenvalue weighted by molar-refractivity contribution is -0.165. The summed E-state index contributed by atoms with van der Waals surface area (Å²) < 4.78 is 10.6. The second kappa shape index (κ2) is 13.7. The number of aliphatic hydroxyl groups is 1. The molecule has 1 heterocycles. The Labute approximate surface area is 228 Å². The van der Waals surface area contributed by atoms with Gasteiger partial charge in [-0.1, -0.05) is 60.7 Å². The second-order valence-corrected chi connectivity index (χ2v) is 10.4. The highest BCUT2D eigenvalue weighted by molar-refractivity contribution is 5.89. The van der Waals surface area contributed by atoms with Crippen molar-refractivity contribution in [3.63, 3.8) is 0 Å². The minimum Gasteiger partial charge on any atom is -0.458 e. The number of likely N-dealkylation sites (tertiary alicyclic amines) is 1. The number of carbonyl (C=O) groups excluding carboxylic acids is 4. The third-order valence-corrected chi connectivity index (χ3v) is 6.10. The molecule has 0 bridgehead atoms. The first-order valence-corrected chi connectivity index (χ1v) is 13.0. The third-order valence-electron chi connectivity index (χ3n) is 6.10. The zero-order valence-corrected chi connectivity index (χ0v) is 22.6. The van der Waals surface area contributed by atoms with E-state index in [2.05, 4.69) is 10.6 Å². The van der Waals surface area contributed by atoms with Crippen molar-refractivity contribution < 1.29 is 33.8 Å². The summed E-state index contributed by atoms with van der Waals surface area (Å²) in [5.74, 6) is -1.80. The van der Waals surface area contributed by atoms with Gasteiger partial charge >= 0.3 is 12.1 Å². The summed E-state index contributed by atoms with van der Waals surface area (Å²) in [6.07, 6.45) is -1.22. The van der Waals surface area contributed by atoms with E-state index >= 15 is 0 Å². The van der Waals surface area contributed by atoms with Crippen LogP contribution in [0.5, 0.6) is 0 Å². The van der Waals surface area contributed by atoms with Crippen LogP contribution in [-0.4, -0.2) is 70.8 Å². The molecule has 0 aromatic heterocycles. The zero-order valence-electron chi connectivity index (χ0n) is 22.6. The maximum absolute atomic E-state index is 13.4. The first kappa shape index (κ1) is 29.6. The maximum Gasteiger partial charge on any atom is 0.407 e. The molecule has 1 fully saturated rings. The lowest BCUT2D eigenvalue weighted by atomic mass is 9.99. The van der Waals surface area contributed by atoms with Crippen LogP contribution in [0.4, 0.5) is 4.79 Å². The smallest absolute Gasteiger partial charge is 0.407 e. The normalized spacial score (nSPS) is 16.6. The summed E-state index contributed by atoms with van der Waals surface area (Å²) in [6.45, 7) is 5.17. The van der Waals surface area contributed by atoms with Gasteiger partial charge in [0.2, 0.25) is 5.91 Å². The SMILES string of the molecule is CC(C)(C)OC(=O)[C@@H]1CCCN1C(=O)[C@@H](O)[C@H](Cc1ccccc1)NC(=O)CNC(=O)OCc1ccccc1. The van der Waals surface area contributed by atoms with Gasteiger partial charge in [0.05, 0.1) is 6.04 Å². The number of hydrogen-bond donors (Lipinski definition) is 3. The van der Waals surface area contributed by atoms with Gasteiger partial charge in [0.25, 0.3) is 5.91 Å². The van der Waals surface area contributed by atoms with Crippen LogP contribution in [0.3, 0.4) is 0 Å². The van der Waals surface area contributed by atoms with E-state index in [0.29, 0.717) is 19.4 Å². The minimum absolute atomic E-state index is 0.0484. The van der Waals surface area contributed by atoms with Gasteiger partial charge in [-0.2, -0.15) is 0 Å². The number of benzene rings is 2. The molecule has 210 valence electrons. The van der Waals surface area contributed by atoms with Gasteiger partial charge in [-0.15, -0.1) is 0 Å². The minimum atomic E-state index is -1.62. The number of nitrogens with zero attached hydrogens (tertiary/aromatic N) is 1. The molecule has 10 nitrogen and oxygen atoms in total. The molecule has 2 aromatic carbocycles. The van der Waals surface area contributed by atoms with E-state index in [9.17, 15) is 24.3 Å². The van der Waals surface area contributed by atoms with Crippen molar-refractivity contribution in [1.29, 1.82) is 0 Å². The molecule has 0 radical (unpaired) electrons. The van der Waals surface area contributed by atoms with E-state index in [-0.39, 0.29) is 13.0 Å². The summed E-state index contributed by atoms with van der Waals surface area (Å²) >= 11 is 0. The number of hydrogen-bond acceptors (Lipinski definition) is 7. The van der Waals surface area contributed by atoms with Gasteiger partial charge in [-0.3, -0.25) is 9.59 Å². The molecule has 1 aliphatic heterocycles. The van der Waals surface area contributed by atoms with Crippen LogP contribution in [0, 0.1) is 0 Å². The van der Waals surface area contributed by atoms with Gasteiger partial charge in [0, 0.05) is 6.54 Å².